The molecule has 0 aliphatic heterocycles. The summed E-state index contributed by atoms with van der Waals surface area (Å²) in [6, 6.07) is 0.602. The number of hydrogen-bond acceptors (Lipinski definition) is 3. The molecule has 1 fully saturated rings. The summed E-state index contributed by atoms with van der Waals surface area (Å²) in [6.45, 7) is 3.18. The van der Waals surface area contributed by atoms with Gasteiger partial charge in [-0.05, 0) is 38.6 Å². The molecule has 0 amide bonds. The summed E-state index contributed by atoms with van der Waals surface area (Å²) in [5.41, 5.74) is 0. The monoisotopic (exact) mass is 213 g/mol. The minimum Gasteiger partial charge on any atom is -0.469 e. The zero-order valence-electron chi connectivity index (χ0n) is 9.92. The second-order valence-electron chi connectivity index (χ2n) is 4.47. The van der Waals surface area contributed by atoms with E-state index in [-0.39, 0.29) is 5.97 Å². The largest absolute Gasteiger partial charge is 0.469 e. The number of carbonyl (C=O) groups is 1. The lowest BCUT2D eigenvalue weighted by Gasteiger charge is -2.20. The van der Waals surface area contributed by atoms with E-state index in [1.165, 1.54) is 32.8 Å². The number of methoxy groups -OCH3 is 1. The van der Waals surface area contributed by atoms with Gasteiger partial charge in [-0.1, -0.05) is 12.8 Å². The number of carbonyl (C=O) groups excluding carboxylic acids is 1. The van der Waals surface area contributed by atoms with Crippen LogP contribution in [-0.2, 0) is 9.53 Å². The highest BCUT2D eigenvalue weighted by molar-refractivity contribution is 5.69. The summed E-state index contributed by atoms with van der Waals surface area (Å²) in [6.07, 6.45) is 6.92. The first-order chi connectivity index (χ1) is 7.24. The number of esters is 1. The maximum absolute atomic E-state index is 10.9. The average molecular weight is 213 g/mol. The maximum atomic E-state index is 10.9. The van der Waals surface area contributed by atoms with E-state index < -0.39 is 0 Å². The van der Waals surface area contributed by atoms with Crippen LogP contribution in [0.5, 0.6) is 0 Å². The quantitative estimate of drug-likeness (QED) is 0.542. The van der Waals surface area contributed by atoms with Gasteiger partial charge in [-0.25, -0.2) is 0 Å². The van der Waals surface area contributed by atoms with E-state index >= 15 is 0 Å². The topological polar surface area (TPSA) is 38.3 Å². The van der Waals surface area contributed by atoms with Crippen LogP contribution in [0, 0.1) is 5.92 Å². The molecule has 88 valence electrons. The molecule has 0 heterocycles. The highest BCUT2D eigenvalue weighted by Gasteiger charge is 2.20. The van der Waals surface area contributed by atoms with Gasteiger partial charge in [0.25, 0.3) is 0 Å². The molecular weight excluding hydrogens is 190 g/mol. The number of ether oxygens (including phenoxy) is 1. The lowest BCUT2D eigenvalue weighted by Crippen LogP contribution is -2.33. The molecule has 1 rings (SSSR count). The van der Waals surface area contributed by atoms with Gasteiger partial charge in [-0.3, -0.25) is 4.79 Å². The highest BCUT2D eigenvalue weighted by atomic mass is 16.5. The fourth-order valence-corrected chi connectivity index (χ4v) is 2.29. The number of rotatable bonds is 6. The lowest BCUT2D eigenvalue weighted by atomic mass is 10.00. The van der Waals surface area contributed by atoms with Crippen LogP contribution in [0.4, 0.5) is 0 Å². The van der Waals surface area contributed by atoms with Gasteiger partial charge in [0.2, 0.25) is 0 Å². The van der Waals surface area contributed by atoms with Gasteiger partial charge >= 0.3 is 5.97 Å². The van der Waals surface area contributed by atoms with Gasteiger partial charge in [0.05, 0.1) is 7.11 Å². The van der Waals surface area contributed by atoms with Crippen molar-refractivity contribution in [3.05, 3.63) is 0 Å². The predicted molar refractivity (Wildman–Crippen MR) is 60.7 cm³/mol. The van der Waals surface area contributed by atoms with Gasteiger partial charge in [0, 0.05) is 12.5 Å². The van der Waals surface area contributed by atoms with E-state index in [0.29, 0.717) is 12.5 Å². The first kappa shape index (κ1) is 12.5. The SMILES string of the molecule is COC(=O)CCCNC(C)C1CCCC1. The van der Waals surface area contributed by atoms with E-state index in [0.717, 1.165) is 18.9 Å². The van der Waals surface area contributed by atoms with Gasteiger partial charge in [0.15, 0.2) is 0 Å². The minimum atomic E-state index is -0.106. The Morgan fingerprint density at radius 2 is 2.13 bits per heavy atom. The first-order valence-electron chi connectivity index (χ1n) is 6.04. The van der Waals surface area contributed by atoms with E-state index in [1.54, 1.807) is 0 Å². The second kappa shape index (κ2) is 6.83. The van der Waals surface area contributed by atoms with Crippen LogP contribution in [0.2, 0.25) is 0 Å². The first-order valence-corrected chi connectivity index (χ1v) is 6.04. The molecule has 0 bridgehead atoms. The Morgan fingerprint density at radius 1 is 1.47 bits per heavy atom. The predicted octanol–water partition coefficient (Wildman–Crippen LogP) is 2.11. The summed E-state index contributed by atoms with van der Waals surface area (Å²) in [4.78, 5) is 10.9. The molecule has 0 radical (unpaired) electrons. The molecule has 15 heavy (non-hydrogen) atoms. The van der Waals surface area contributed by atoms with Gasteiger partial charge in [0.1, 0.15) is 0 Å². The summed E-state index contributed by atoms with van der Waals surface area (Å²) in [5, 5.41) is 3.50. The van der Waals surface area contributed by atoms with Crippen molar-refractivity contribution in [3.63, 3.8) is 0 Å². The van der Waals surface area contributed by atoms with Crippen molar-refractivity contribution in [2.24, 2.45) is 5.92 Å². The summed E-state index contributed by atoms with van der Waals surface area (Å²) < 4.78 is 4.59. The molecule has 1 unspecified atom stereocenters. The van der Waals surface area contributed by atoms with E-state index in [1.807, 2.05) is 0 Å². The Bertz CT molecular complexity index is 188. The molecule has 0 saturated heterocycles. The van der Waals surface area contributed by atoms with Crippen LogP contribution in [0.1, 0.15) is 45.4 Å². The van der Waals surface area contributed by atoms with Crippen LogP contribution >= 0.6 is 0 Å². The average Bonchev–Trinajstić information content (AvgIpc) is 2.77. The molecule has 0 spiro atoms. The van der Waals surface area contributed by atoms with Crippen LogP contribution in [0.3, 0.4) is 0 Å². The summed E-state index contributed by atoms with van der Waals surface area (Å²) >= 11 is 0. The maximum Gasteiger partial charge on any atom is 0.305 e. The molecule has 0 aromatic heterocycles. The normalized spacial score (nSPS) is 19.1. The Labute approximate surface area is 92.6 Å². The van der Waals surface area contributed by atoms with Gasteiger partial charge in [-0.15, -0.1) is 0 Å². The molecule has 1 atom stereocenters. The fourth-order valence-electron chi connectivity index (χ4n) is 2.29. The van der Waals surface area contributed by atoms with Crippen LogP contribution < -0.4 is 5.32 Å². The van der Waals surface area contributed by atoms with Crippen molar-refractivity contribution >= 4 is 5.97 Å². The van der Waals surface area contributed by atoms with Crippen molar-refractivity contribution in [1.82, 2.24) is 5.32 Å². The zero-order chi connectivity index (χ0) is 11.1. The summed E-state index contributed by atoms with van der Waals surface area (Å²) in [5.74, 6) is 0.744. The van der Waals surface area contributed by atoms with Crippen molar-refractivity contribution in [1.29, 1.82) is 0 Å². The molecule has 1 aliphatic carbocycles. The van der Waals surface area contributed by atoms with Crippen molar-refractivity contribution in [2.45, 2.75) is 51.5 Å². The Balaban J connectivity index is 2.01. The molecule has 0 aromatic rings. The minimum absolute atomic E-state index is 0.106. The third-order valence-corrected chi connectivity index (χ3v) is 3.36. The van der Waals surface area contributed by atoms with Gasteiger partial charge < -0.3 is 10.1 Å². The summed E-state index contributed by atoms with van der Waals surface area (Å²) in [7, 11) is 1.44. The Morgan fingerprint density at radius 3 is 2.73 bits per heavy atom. The molecule has 0 aromatic carbocycles. The van der Waals surface area contributed by atoms with Crippen LogP contribution in [0.15, 0.2) is 0 Å². The van der Waals surface area contributed by atoms with E-state index in [9.17, 15) is 4.79 Å². The van der Waals surface area contributed by atoms with Gasteiger partial charge in [-0.2, -0.15) is 0 Å². The lowest BCUT2D eigenvalue weighted by molar-refractivity contribution is -0.140. The van der Waals surface area contributed by atoms with Crippen molar-refractivity contribution < 1.29 is 9.53 Å². The molecule has 1 N–H and O–H groups in total. The Hall–Kier alpha value is -0.570. The standard InChI is InChI=1S/C12H23NO2/c1-10(11-6-3-4-7-11)13-9-5-8-12(14)15-2/h10-11,13H,3-9H2,1-2H3. The molecule has 3 heteroatoms. The van der Waals surface area contributed by atoms with Crippen LogP contribution in [0.25, 0.3) is 0 Å². The molecular formula is C12H23NO2. The van der Waals surface area contributed by atoms with Crippen molar-refractivity contribution in [3.8, 4) is 0 Å². The second-order valence-corrected chi connectivity index (χ2v) is 4.47. The van der Waals surface area contributed by atoms with E-state index in [4.69, 9.17) is 0 Å². The fraction of sp³-hybridized carbons (Fsp3) is 0.917. The number of nitrogens with one attached hydrogen (secondary N) is 1. The number of hydrogen-bond donors (Lipinski definition) is 1. The highest BCUT2D eigenvalue weighted by Crippen LogP contribution is 2.27. The van der Waals surface area contributed by atoms with Crippen LogP contribution in [-0.4, -0.2) is 25.7 Å². The Kier molecular flexibility index (Phi) is 5.69. The molecule has 1 aliphatic rings. The zero-order valence-corrected chi connectivity index (χ0v) is 9.92. The van der Waals surface area contributed by atoms with Crippen molar-refractivity contribution in [2.75, 3.05) is 13.7 Å². The molecule has 1 saturated carbocycles. The third-order valence-electron chi connectivity index (χ3n) is 3.36. The third kappa shape index (κ3) is 4.65. The molecule has 3 nitrogen and oxygen atoms in total. The van der Waals surface area contributed by atoms with E-state index in [2.05, 4.69) is 17.0 Å². The smallest absolute Gasteiger partial charge is 0.305 e.